The number of carbonyl (C=O) groups is 3. The van der Waals surface area contributed by atoms with Gasteiger partial charge in [0, 0.05) is 18.3 Å². The third kappa shape index (κ3) is 4.37. The van der Waals surface area contributed by atoms with E-state index in [2.05, 4.69) is 4.98 Å². The first kappa shape index (κ1) is 18.0. The average molecular weight is 329 g/mol. The van der Waals surface area contributed by atoms with E-state index in [4.69, 9.17) is 4.74 Å². The highest BCUT2D eigenvalue weighted by atomic mass is 16.6. The van der Waals surface area contributed by atoms with E-state index >= 15 is 0 Å². The van der Waals surface area contributed by atoms with Gasteiger partial charge < -0.3 is 4.74 Å². The van der Waals surface area contributed by atoms with Gasteiger partial charge in [-0.25, -0.2) is 0 Å². The monoisotopic (exact) mass is 329 g/mol. The Morgan fingerprint density at radius 2 is 2.08 bits per heavy atom. The number of nitrogens with zero attached hydrogens (tertiary/aromatic N) is 1. The fourth-order valence-corrected chi connectivity index (χ4v) is 2.70. The van der Waals surface area contributed by atoms with E-state index in [0.717, 1.165) is 5.56 Å². The van der Waals surface area contributed by atoms with Crippen LogP contribution in [0.2, 0.25) is 0 Å². The number of esters is 1. The molecule has 5 heteroatoms. The number of ether oxygens (including phenoxy) is 1. The normalized spacial score (nSPS) is 22.2. The zero-order valence-electron chi connectivity index (χ0n) is 14.3. The summed E-state index contributed by atoms with van der Waals surface area (Å²) in [6.07, 6.45) is 7.28. The molecule has 0 aromatic carbocycles. The summed E-state index contributed by atoms with van der Waals surface area (Å²) in [6, 6.07) is 3.74. The maximum absolute atomic E-state index is 12.5. The lowest BCUT2D eigenvalue weighted by molar-refractivity contribution is -0.147. The van der Waals surface area contributed by atoms with Gasteiger partial charge in [0.05, 0.1) is 0 Å². The number of hydrogen-bond donors (Lipinski definition) is 0. The minimum Gasteiger partial charge on any atom is -0.453 e. The molecule has 0 radical (unpaired) electrons. The van der Waals surface area contributed by atoms with Crippen LogP contribution in [0.5, 0.6) is 0 Å². The molecule has 2 rings (SSSR count). The summed E-state index contributed by atoms with van der Waals surface area (Å²) in [6.45, 7) is 5.62. The maximum atomic E-state index is 12.5. The van der Waals surface area contributed by atoms with Gasteiger partial charge in [0.2, 0.25) is 0 Å². The van der Waals surface area contributed by atoms with Gasteiger partial charge in [-0.2, -0.15) is 0 Å². The van der Waals surface area contributed by atoms with E-state index in [-0.39, 0.29) is 17.5 Å². The molecule has 0 bridgehead atoms. The molecule has 1 aliphatic rings. The molecule has 0 saturated carbocycles. The number of rotatable bonds is 7. The van der Waals surface area contributed by atoms with Gasteiger partial charge in [0.15, 0.2) is 23.6 Å². The third-order valence-electron chi connectivity index (χ3n) is 4.04. The summed E-state index contributed by atoms with van der Waals surface area (Å²) in [7, 11) is 0. The second-order valence-corrected chi connectivity index (χ2v) is 6.62. The molecule has 1 saturated heterocycles. The summed E-state index contributed by atoms with van der Waals surface area (Å²) >= 11 is 0. The van der Waals surface area contributed by atoms with Crippen LogP contribution in [0.3, 0.4) is 0 Å². The van der Waals surface area contributed by atoms with Gasteiger partial charge >= 0.3 is 5.97 Å². The van der Waals surface area contributed by atoms with Crippen molar-refractivity contribution in [3.05, 3.63) is 36.2 Å². The fraction of sp³-hybridized carbons (Fsp3) is 0.474. The Labute approximate surface area is 142 Å². The highest BCUT2D eigenvalue weighted by Crippen LogP contribution is 2.26. The van der Waals surface area contributed by atoms with Gasteiger partial charge in [0.1, 0.15) is 0 Å². The molecule has 2 heterocycles. The topological polar surface area (TPSA) is 73.3 Å². The highest BCUT2D eigenvalue weighted by molar-refractivity contribution is 6.22. The van der Waals surface area contributed by atoms with Crippen molar-refractivity contribution in [2.75, 3.05) is 0 Å². The van der Waals surface area contributed by atoms with E-state index in [1.54, 1.807) is 19.3 Å². The minimum atomic E-state index is -1.25. The Morgan fingerprint density at radius 3 is 2.71 bits per heavy atom. The first-order valence-corrected chi connectivity index (χ1v) is 8.24. The predicted molar refractivity (Wildman–Crippen MR) is 89.9 cm³/mol. The number of pyridine rings is 1. The van der Waals surface area contributed by atoms with Crippen LogP contribution in [0, 0.1) is 17.8 Å². The Balaban J connectivity index is 1.96. The van der Waals surface area contributed by atoms with Crippen molar-refractivity contribution in [3.63, 3.8) is 0 Å². The molecule has 0 N–H and O–H groups in total. The summed E-state index contributed by atoms with van der Waals surface area (Å²) < 4.78 is 5.11. The summed E-state index contributed by atoms with van der Waals surface area (Å²) in [4.78, 5) is 40.7. The fourth-order valence-electron chi connectivity index (χ4n) is 2.70. The molecule has 0 aliphatic carbocycles. The Hall–Kier alpha value is -2.30. The van der Waals surface area contributed by atoms with Crippen LogP contribution in [-0.4, -0.2) is 28.6 Å². The molecule has 0 amide bonds. The van der Waals surface area contributed by atoms with Crippen LogP contribution in [0.1, 0.15) is 39.2 Å². The predicted octanol–water partition coefficient (Wildman–Crippen LogP) is 2.85. The molecule has 1 fully saturated rings. The lowest BCUT2D eigenvalue weighted by Gasteiger charge is -2.11. The molecule has 0 spiro atoms. The SMILES string of the molecule is CC(C)CC1OC(=O)C(C(=O)C(C)CC=Cc2cccnc2)C1=O. The number of allylic oxidation sites excluding steroid dienone is 1. The van der Waals surface area contributed by atoms with Crippen LogP contribution in [-0.2, 0) is 19.1 Å². The van der Waals surface area contributed by atoms with Crippen LogP contribution >= 0.6 is 0 Å². The second-order valence-electron chi connectivity index (χ2n) is 6.62. The number of carbonyl (C=O) groups excluding carboxylic acids is 3. The summed E-state index contributed by atoms with van der Waals surface area (Å²) in [5.74, 6) is -2.89. The first-order valence-electron chi connectivity index (χ1n) is 8.24. The Bertz CT molecular complexity index is 636. The maximum Gasteiger partial charge on any atom is 0.325 e. The smallest absolute Gasteiger partial charge is 0.325 e. The molecular formula is C19H23NO4. The van der Waals surface area contributed by atoms with Gasteiger partial charge in [-0.3, -0.25) is 19.4 Å². The lowest BCUT2D eigenvalue weighted by Crippen LogP contribution is -2.32. The van der Waals surface area contributed by atoms with Crippen molar-refractivity contribution >= 4 is 23.6 Å². The van der Waals surface area contributed by atoms with E-state index in [1.165, 1.54) is 0 Å². The third-order valence-corrected chi connectivity index (χ3v) is 4.04. The zero-order valence-corrected chi connectivity index (χ0v) is 14.3. The van der Waals surface area contributed by atoms with Gasteiger partial charge in [0.25, 0.3) is 0 Å². The Kier molecular flexibility index (Phi) is 6.01. The van der Waals surface area contributed by atoms with Crippen molar-refractivity contribution in [2.24, 2.45) is 17.8 Å². The van der Waals surface area contributed by atoms with Crippen LogP contribution in [0.15, 0.2) is 30.6 Å². The molecule has 3 unspecified atom stereocenters. The summed E-state index contributed by atoms with van der Waals surface area (Å²) in [5, 5.41) is 0. The highest BCUT2D eigenvalue weighted by Gasteiger charge is 2.48. The van der Waals surface area contributed by atoms with Crippen molar-refractivity contribution in [2.45, 2.75) is 39.7 Å². The quantitative estimate of drug-likeness (QED) is 0.568. The first-order chi connectivity index (χ1) is 11.4. The van der Waals surface area contributed by atoms with Crippen molar-refractivity contribution in [1.29, 1.82) is 0 Å². The number of cyclic esters (lactones) is 1. The average Bonchev–Trinajstić information content (AvgIpc) is 2.81. The van der Waals surface area contributed by atoms with Crippen LogP contribution in [0.4, 0.5) is 0 Å². The molecule has 1 aromatic rings. The molecule has 1 aromatic heterocycles. The largest absolute Gasteiger partial charge is 0.453 e. The number of ketones is 2. The molecule has 3 atom stereocenters. The minimum absolute atomic E-state index is 0.223. The van der Waals surface area contributed by atoms with E-state index in [1.807, 2.05) is 38.1 Å². The van der Waals surface area contributed by atoms with Crippen molar-refractivity contribution < 1.29 is 19.1 Å². The molecule has 128 valence electrons. The molecule has 24 heavy (non-hydrogen) atoms. The zero-order chi connectivity index (χ0) is 17.7. The Morgan fingerprint density at radius 1 is 1.33 bits per heavy atom. The standard InChI is InChI=1S/C19H23NO4/c1-12(2)10-15-18(22)16(19(23)24-15)17(21)13(3)6-4-7-14-8-5-9-20-11-14/h4-5,7-9,11-13,15-16H,6,10H2,1-3H3. The molecule has 5 nitrogen and oxygen atoms in total. The molecule has 1 aliphatic heterocycles. The lowest BCUT2D eigenvalue weighted by atomic mass is 9.87. The van der Waals surface area contributed by atoms with Crippen LogP contribution in [0.25, 0.3) is 6.08 Å². The van der Waals surface area contributed by atoms with Crippen molar-refractivity contribution in [1.82, 2.24) is 4.98 Å². The van der Waals surface area contributed by atoms with E-state index in [9.17, 15) is 14.4 Å². The van der Waals surface area contributed by atoms with E-state index < -0.39 is 23.9 Å². The number of hydrogen-bond acceptors (Lipinski definition) is 5. The van der Waals surface area contributed by atoms with Crippen LogP contribution < -0.4 is 0 Å². The van der Waals surface area contributed by atoms with Crippen molar-refractivity contribution in [3.8, 4) is 0 Å². The van der Waals surface area contributed by atoms with Gasteiger partial charge in [-0.15, -0.1) is 0 Å². The van der Waals surface area contributed by atoms with Gasteiger partial charge in [-0.1, -0.05) is 39.0 Å². The number of aromatic nitrogens is 1. The second kappa shape index (κ2) is 7.99. The van der Waals surface area contributed by atoms with Gasteiger partial charge in [-0.05, 0) is 30.4 Å². The molecular weight excluding hydrogens is 306 g/mol. The summed E-state index contributed by atoms with van der Waals surface area (Å²) in [5.41, 5.74) is 0.936. The number of Topliss-reactive ketones (excluding diaryl/α,β-unsaturated/α-hetero) is 2. The van der Waals surface area contributed by atoms with E-state index in [0.29, 0.717) is 12.8 Å².